The van der Waals surface area contributed by atoms with Crippen LogP contribution < -0.4 is 10.2 Å². The molecule has 2 fully saturated rings. The maximum Gasteiger partial charge on any atom is 0.0366 e. The molecule has 0 radical (unpaired) electrons. The van der Waals surface area contributed by atoms with E-state index in [2.05, 4.69) is 55.3 Å². The first-order chi connectivity index (χ1) is 9.04. The van der Waals surface area contributed by atoms with Crippen LogP contribution in [0.3, 0.4) is 0 Å². The fourth-order valence-corrected chi connectivity index (χ4v) is 3.44. The van der Waals surface area contributed by atoms with Gasteiger partial charge in [0.1, 0.15) is 0 Å². The predicted molar refractivity (Wildman–Crippen MR) is 81.9 cm³/mol. The quantitative estimate of drug-likeness (QED) is 0.832. The number of piperidine rings is 1. The molecule has 2 atom stereocenters. The summed E-state index contributed by atoms with van der Waals surface area (Å²) in [6.07, 6.45) is 2.72. The lowest BCUT2D eigenvalue weighted by atomic mass is 9.87. The SMILES string of the molecule is CC(C)(C)c1ccc(N2CCC3CCNC3C2)cc1. The Labute approximate surface area is 117 Å². The number of nitrogens with one attached hydrogen (secondary N) is 1. The summed E-state index contributed by atoms with van der Waals surface area (Å²) in [6, 6.07) is 9.91. The molecular formula is C17H26N2. The molecule has 2 unspecified atom stereocenters. The zero-order valence-corrected chi connectivity index (χ0v) is 12.4. The van der Waals surface area contributed by atoms with Gasteiger partial charge in [-0.1, -0.05) is 32.9 Å². The maximum absolute atomic E-state index is 3.65. The van der Waals surface area contributed by atoms with Crippen molar-refractivity contribution in [3.05, 3.63) is 29.8 Å². The van der Waals surface area contributed by atoms with Crippen LogP contribution in [-0.4, -0.2) is 25.7 Å². The van der Waals surface area contributed by atoms with Gasteiger partial charge >= 0.3 is 0 Å². The van der Waals surface area contributed by atoms with Gasteiger partial charge < -0.3 is 10.2 Å². The van der Waals surface area contributed by atoms with Crippen molar-refractivity contribution in [3.8, 4) is 0 Å². The molecule has 0 aromatic heterocycles. The van der Waals surface area contributed by atoms with Crippen molar-refractivity contribution < 1.29 is 0 Å². The molecule has 1 aromatic carbocycles. The number of hydrogen-bond acceptors (Lipinski definition) is 2. The van der Waals surface area contributed by atoms with Gasteiger partial charge in [-0.15, -0.1) is 0 Å². The van der Waals surface area contributed by atoms with Gasteiger partial charge in [-0.2, -0.15) is 0 Å². The van der Waals surface area contributed by atoms with Gasteiger partial charge in [0.2, 0.25) is 0 Å². The molecule has 0 spiro atoms. The van der Waals surface area contributed by atoms with Gasteiger partial charge in [0, 0.05) is 24.8 Å². The summed E-state index contributed by atoms with van der Waals surface area (Å²) in [7, 11) is 0. The molecular weight excluding hydrogens is 232 g/mol. The van der Waals surface area contributed by atoms with E-state index in [1.807, 2.05) is 0 Å². The maximum atomic E-state index is 3.65. The summed E-state index contributed by atoms with van der Waals surface area (Å²) >= 11 is 0. The second-order valence-electron chi connectivity index (χ2n) is 7.14. The van der Waals surface area contributed by atoms with Crippen LogP contribution in [0.25, 0.3) is 0 Å². The molecule has 0 aliphatic carbocycles. The van der Waals surface area contributed by atoms with Crippen molar-refractivity contribution >= 4 is 5.69 Å². The van der Waals surface area contributed by atoms with Crippen LogP contribution in [0, 0.1) is 5.92 Å². The summed E-state index contributed by atoms with van der Waals surface area (Å²) in [5.41, 5.74) is 3.06. The molecule has 2 nitrogen and oxygen atoms in total. The van der Waals surface area contributed by atoms with Gasteiger partial charge in [-0.3, -0.25) is 0 Å². The third kappa shape index (κ3) is 2.64. The molecule has 1 N–H and O–H groups in total. The van der Waals surface area contributed by atoms with Gasteiger partial charge in [0.15, 0.2) is 0 Å². The van der Waals surface area contributed by atoms with Crippen molar-refractivity contribution in [1.82, 2.24) is 5.32 Å². The van der Waals surface area contributed by atoms with Crippen molar-refractivity contribution in [2.24, 2.45) is 5.92 Å². The van der Waals surface area contributed by atoms with E-state index < -0.39 is 0 Å². The molecule has 0 bridgehead atoms. The van der Waals surface area contributed by atoms with E-state index in [-0.39, 0.29) is 5.41 Å². The van der Waals surface area contributed by atoms with E-state index in [9.17, 15) is 0 Å². The lowest BCUT2D eigenvalue weighted by Gasteiger charge is -2.36. The molecule has 0 saturated carbocycles. The first-order valence-electron chi connectivity index (χ1n) is 7.63. The van der Waals surface area contributed by atoms with E-state index in [4.69, 9.17) is 0 Å². The third-order valence-electron chi connectivity index (χ3n) is 4.78. The standard InChI is InChI=1S/C17H26N2/c1-17(2,3)14-4-6-15(7-5-14)19-11-9-13-8-10-18-16(13)12-19/h4-7,13,16,18H,8-12H2,1-3H3. The minimum absolute atomic E-state index is 0.249. The molecule has 3 rings (SSSR count). The number of hydrogen-bond donors (Lipinski definition) is 1. The molecule has 0 amide bonds. The number of benzene rings is 1. The Morgan fingerprint density at radius 3 is 2.53 bits per heavy atom. The summed E-state index contributed by atoms with van der Waals surface area (Å²) < 4.78 is 0. The molecule has 2 aliphatic rings. The Kier molecular flexibility index (Phi) is 3.30. The lowest BCUT2D eigenvalue weighted by Crippen LogP contribution is -2.46. The van der Waals surface area contributed by atoms with Crippen LogP contribution in [0.2, 0.25) is 0 Å². The first-order valence-corrected chi connectivity index (χ1v) is 7.63. The highest BCUT2D eigenvalue weighted by molar-refractivity contribution is 5.49. The Morgan fingerprint density at radius 2 is 1.84 bits per heavy atom. The normalized spacial score (nSPS) is 27.4. The van der Waals surface area contributed by atoms with Crippen LogP contribution >= 0.6 is 0 Å². The second kappa shape index (κ2) is 4.82. The fourth-order valence-electron chi connectivity index (χ4n) is 3.44. The highest BCUT2D eigenvalue weighted by Gasteiger charge is 2.32. The molecule has 2 aliphatic heterocycles. The molecule has 2 heteroatoms. The van der Waals surface area contributed by atoms with Gasteiger partial charge in [-0.25, -0.2) is 0 Å². The van der Waals surface area contributed by atoms with Crippen molar-refractivity contribution in [3.63, 3.8) is 0 Å². The highest BCUT2D eigenvalue weighted by Crippen LogP contribution is 2.30. The number of anilines is 1. The molecule has 104 valence electrons. The highest BCUT2D eigenvalue weighted by atomic mass is 15.2. The zero-order chi connectivity index (χ0) is 13.5. The minimum atomic E-state index is 0.249. The minimum Gasteiger partial charge on any atom is -0.370 e. The molecule has 19 heavy (non-hydrogen) atoms. The number of nitrogens with zero attached hydrogens (tertiary/aromatic N) is 1. The van der Waals surface area contributed by atoms with Gasteiger partial charge in [0.05, 0.1) is 0 Å². The summed E-state index contributed by atoms with van der Waals surface area (Å²) in [4.78, 5) is 2.55. The average Bonchev–Trinajstić information content (AvgIpc) is 2.85. The third-order valence-corrected chi connectivity index (χ3v) is 4.78. The van der Waals surface area contributed by atoms with E-state index in [0.29, 0.717) is 0 Å². The van der Waals surface area contributed by atoms with Crippen LogP contribution in [0.15, 0.2) is 24.3 Å². The zero-order valence-electron chi connectivity index (χ0n) is 12.4. The van der Waals surface area contributed by atoms with Crippen LogP contribution in [0.4, 0.5) is 5.69 Å². The van der Waals surface area contributed by atoms with Crippen molar-refractivity contribution in [1.29, 1.82) is 0 Å². The summed E-state index contributed by atoms with van der Waals surface area (Å²) in [5, 5.41) is 3.65. The summed E-state index contributed by atoms with van der Waals surface area (Å²) in [5.74, 6) is 0.921. The largest absolute Gasteiger partial charge is 0.370 e. The average molecular weight is 258 g/mol. The second-order valence-corrected chi connectivity index (χ2v) is 7.14. The summed E-state index contributed by atoms with van der Waals surface area (Å²) in [6.45, 7) is 10.4. The molecule has 2 saturated heterocycles. The Morgan fingerprint density at radius 1 is 1.11 bits per heavy atom. The Bertz CT molecular complexity index is 430. The predicted octanol–water partition coefficient (Wildman–Crippen LogP) is 3.17. The van der Waals surface area contributed by atoms with Crippen LogP contribution in [0.1, 0.15) is 39.2 Å². The Hall–Kier alpha value is -1.02. The lowest BCUT2D eigenvalue weighted by molar-refractivity contribution is 0.373. The van der Waals surface area contributed by atoms with Crippen molar-refractivity contribution in [2.45, 2.75) is 45.1 Å². The van der Waals surface area contributed by atoms with Gasteiger partial charge in [-0.05, 0) is 48.4 Å². The molecule has 2 heterocycles. The van der Waals surface area contributed by atoms with Gasteiger partial charge in [0.25, 0.3) is 0 Å². The Balaban J connectivity index is 1.72. The monoisotopic (exact) mass is 258 g/mol. The fraction of sp³-hybridized carbons (Fsp3) is 0.647. The topological polar surface area (TPSA) is 15.3 Å². The smallest absolute Gasteiger partial charge is 0.0366 e. The molecule has 1 aromatic rings. The van der Waals surface area contributed by atoms with Crippen molar-refractivity contribution in [2.75, 3.05) is 24.5 Å². The van der Waals surface area contributed by atoms with E-state index in [1.165, 1.54) is 43.7 Å². The van der Waals surface area contributed by atoms with E-state index >= 15 is 0 Å². The number of fused-ring (bicyclic) bond motifs is 1. The number of rotatable bonds is 1. The van der Waals surface area contributed by atoms with Crippen LogP contribution in [-0.2, 0) is 5.41 Å². The first kappa shape index (κ1) is 13.0. The van der Waals surface area contributed by atoms with E-state index in [1.54, 1.807) is 0 Å². The van der Waals surface area contributed by atoms with Crippen LogP contribution in [0.5, 0.6) is 0 Å². The van der Waals surface area contributed by atoms with E-state index in [0.717, 1.165) is 12.0 Å².